The van der Waals surface area contributed by atoms with Crippen molar-refractivity contribution in [2.45, 2.75) is 70.8 Å². The van der Waals surface area contributed by atoms with Crippen LogP contribution >= 0.6 is 11.6 Å². The molecule has 2 rings (SSSR count). The van der Waals surface area contributed by atoms with Crippen LogP contribution in [0.2, 0.25) is 5.02 Å². The van der Waals surface area contributed by atoms with Crippen molar-refractivity contribution >= 4 is 17.6 Å². The molecule has 134 valence electrons. The van der Waals surface area contributed by atoms with Gasteiger partial charge in [0, 0.05) is 11.4 Å². The summed E-state index contributed by atoms with van der Waals surface area (Å²) in [5, 5.41) is 0.746. The van der Waals surface area contributed by atoms with E-state index in [2.05, 4.69) is 0 Å². The van der Waals surface area contributed by atoms with E-state index in [-0.39, 0.29) is 5.97 Å². The van der Waals surface area contributed by atoms with Crippen LogP contribution in [0, 0.1) is 5.92 Å². The summed E-state index contributed by atoms with van der Waals surface area (Å²) in [5.74, 6) is 1.69. The number of unbranched alkanes of at least 4 members (excludes halogenated alkanes) is 4. The largest absolute Gasteiger partial charge is 0.490 e. The smallest absolute Gasteiger partial charge is 0.305 e. The lowest BCUT2D eigenvalue weighted by molar-refractivity contribution is -0.143. The van der Waals surface area contributed by atoms with Crippen LogP contribution in [0.5, 0.6) is 5.75 Å². The minimum absolute atomic E-state index is 0.0568. The summed E-state index contributed by atoms with van der Waals surface area (Å²) in [4.78, 5) is 11.2. The molecule has 0 atom stereocenters. The minimum Gasteiger partial charge on any atom is -0.490 e. The summed E-state index contributed by atoms with van der Waals surface area (Å²) in [5.41, 5.74) is 0. The highest BCUT2D eigenvalue weighted by atomic mass is 35.5. The van der Waals surface area contributed by atoms with Gasteiger partial charge in [-0.3, -0.25) is 4.79 Å². The molecule has 1 aromatic carbocycles. The predicted molar refractivity (Wildman–Crippen MR) is 97.5 cm³/mol. The van der Waals surface area contributed by atoms with Gasteiger partial charge in [-0.25, -0.2) is 0 Å². The molecule has 4 heteroatoms. The highest BCUT2D eigenvalue weighted by molar-refractivity contribution is 6.30. The van der Waals surface area contributed by atoms with Crippen LogP contribution in [0.4, 0.5) is 0 Å². The first kappa shape index (κ1) is 19.1. The Morgan fingerprint density at radius 1 is 1.08 bits per heavy atom. The fraction of sp³-hybridized carbons (Fsp3) is 0.650. The van der Waals surface area contributed by atoms with Gasteiger partial charge in [0.1, 0.15) is 5.75 Å². The van der Waals surface area contributed by atoms with Crippen LogP contribution < -0.4 is 4.74 Å². The summed E-state index contributed by atoms with van der Waals surface area (Å²) in [6.45, 7) is 2.34. The Kier molecular flexibility index (Phi) is 8.44. The monoisotopic (exact) mass is 352 g/mol. The van der Waals surface area contributed by atoms with Crippen LogP contribution in [-0.4, -0.2) is 18.7 Å². The van der Waals surface area contributed by atoms with Crippen molar-refractivity contribution in [1.29, 1.82) is 0 Å². The van der Waals surface area contributed by atoms with Crippen LogP contribution in [-0.2, 0) is 9.53 Å². The van der Waals surface area contributed by atoms with E-state index in [0.29, 0.717) is 19.1 Å². The zero-order valence-corrected chi connectivity index (χ0v) is 15.4. The molecule has 1 fully saturated rings. The van der Waals surface area contributed by atoms with E-state index in [0.717, 1.165) is 29.5 Å². The number of halogens is 1. The average molecular weight is 353 g/mol. The SMILES string of the molecule is CCOC(=O)CCCCCCC[C@H]1C[C@H](Oc2ccc(Cl)cc2)C1. The highest BCUT2D eigenvalue weighted by Gasteiger charge is 2.30. The van der Waals surface area contributed by atoms with Gasteiger partial charge in [-0.1, -0.05) is 43.7 Å². The van der Waals surface area contributed by atoms with Gasteiger partial charge in [0.15, 0.2) is 0 Å². The number of rotatable bonds is 11. The lowest BCUT2D eigenvalue weighted by Gasteiger charge is -2.35. The Labute approximate surface area is 150 Å². The van der Waals surface area contributed by atoms with Gasteiger partial charge in [0.2, 0.25) is 0 Å². The van der Waals surface area contributed by atoms with Crippen LogP contribution in [0.1, 0.15) is 64.7 Å². The van der Waals surface area contributed by atoms with Crippen molar-refractivity contribution in [1.82, 2.24) is 0 Å². The molecule has 0 aromatic heterocycles. The number of hydrogen-bond donors (Lipinski definition) is 0. The minimum atomic E-state index is -0.0568. The van der Waals surface area contributed by atoms with E-state index >= 15 is 0 Å². The van der Waals surface area contributed by atoms with Gasteiger partial charge in [-0.15, -0.1) is 0 Å². The van der Waals surface area contributed by atoms with Gasteiger partial charge >= 0.3 is 5.97 Å². The topological polar surface area (TPSA) is 35.5 Å². The first-order valence-electron chi connectivity index (χ1n) is 9.25. The molecule has 3 nitrogen and oxygen atoms in total. The number of esters is 1. The third-order valence-electron chi connectivity index (χ3n) is 4.61. The predicted octanol–water partition coefficient (Wildman–Crippen LogP) is 5.79. The van der Waals surface area contributed by atoms with Crippen molar-refractivity contribution in [2.24, 2.45) is 5.92 Å². The molecule has 0 N–H and O–H groups in total. The first-order chi connectivity index (χ1) is 11.7. The lowest BCUT2D eigenvalue weighted by Crippen LogP contribution is -2.33. The third-order valence-corrected chi connectivity index (χ3v) is 4.86. The normalized spacial score (nSPS) is 19.6. The van der Waals surface area contributed by atoms with E-state index in [1.54, 1.807) is 0 Å². The van der Waals surface area contributed by atoms with E-state index < -0.39 is 0 Å². The zero-order valence-electron chi connectivity index (χ0n) is 14.6. The van der Waals surface area contributed by atoms with Gasteiger partial charge < -0.3 is 9.47 Å². The molecular weight excluding hydrogens is 324 g/mol. The second-order valence-corrected chi connectivity index (χ2v) is 7.08. The summed E-state index contributed by atoms with van der Waals surface area (Å²) in [6.07, 6.45) is 10.5. The molecule has 0 amide bonds. The Hall–Kier alpha value is -1.22. The lowest BCUT2D eigenvalue weighted by atomic mass is 9.79. The average Bonchev–Trinajstić information content (AvgIpc) is 2.53. The number of carbonyl (C=O) groups excluding carboxylic acids is 1. The molecule has 0 radical (unpaired) electrons. The van der Waals surface area contributed by atoms with Crippen LogP contribution in [0.25, 0.3) is 0 Å². The molecule has 1 aliphatic carbocycles. The number of benzene rings is 1. The van der Waals surface area contributed by atoms with Gasteiger partial charge in [0.25, 0.3) is 0 Å². The summed E-state index contributed by atoms with van der Waals surface area (Å²) in [7, 11) is 0. The fourth-order valence-electron chi connectivity index (χ4n) is 3.18. The molecule has 0 saturated heterocycles. The third kappa shape index (κ3) is 7.12. The molecule has 1 saturated carbocycles. The Morgan fingerprint density at radius 2 is 1.75 bits per heavy atom. The Morgan fingerprint density at radius 3 is 2.46 bits per heavy atom. The molecule has 0 bridgehead atoms. The molecule has 24 heavy (non-hydrogen) atoms. The molecular formula is C20H29ClO3. The molecule has 0 unspecified atom stereocenters. The van der Waals surface area contributed by atoms with E-state index in [9.17, 15) is 4.79 Å². The van der Waals surface area contributed by atoms with Crippen molar-refractivity contribution in [3.8, 4) is 5.75 Å². The maximum Gasteiger partial charge on any atom is 0.305 e. The first-order valence-corrected chi connectivity index (χ1v) is 9.63. The van der Waals surface area contributed by atoms with Crippen molar-refractivity contribution in [2.75, 3.05) is 6.61 Å². The van der Waals surface area contributed by atoms with Crippen LogP contribution in [0.3, 0.4) is 0 Å². The Balaban J connectivity index is 1.42. The highest BCUT2D eigenvalue weighted by Crippen LogP contribution is 2.35. The molecule has 0 aliphatic heterocycles. The second kappa shape index (κ2) is 10.6. The standard InChI is InChI=1S/C20H29ClO3/c1-2-23-20(22)9-7-5-3-4-6-8-16-14-19(15-16)24-18-12-10-17(21)11-13-18/h10-13,16,19H,2-9,14-15H2,1H3/t16-,19-. The van der Waals surface area contributed by atoms with Crippen molar-refractivity contribution in [3.05, 3.63) is 29.3 Å². The van der Waals surface area contributed by atoms with Crippen LogP contribution in [0.15, 0.2) is 24.3 Å². The molecule has 1 aromatic rings. The maximum absolute atomic E-state index is 11.2. The second-order valence-electron chi connectivity index (χ2n) is 6.64. The van der Waals surface area contributed by atoms with Gasteiger partial charge in [-0.2, -0.15) is 0 Å². The van der Waals surface area contributed by atoms with E-state index in [1.807, 2.05) is 31.2 Å². The molecule has 1 aliphatic rings. The molecule has 0 heterocycles. The van der Waals surface area contributed by atoms with Gasteiger partial charge in [0.05, 0.1) is 12.7 Å². The van der Waals surface area contributed by atoms with E-state index in [4.69, 9.17) is 21.1 Å². The Bertz CT molecular complexity index is 480. The summed E-state index contributed by atoms with van der Waals surface area (Å²) >= 11 is 5.87. The summed E-state index contributed by atoms with van der Waals surface area (Å²) < 4.78 is 10.9. The summed E-state index contributed by atoms with van der Waals surface area (Å²) in [6, 6.07) is 7.61. The number of carbonyl (C=O) groups is 1. The van der Waals surface area contributed by atoms with Gasteiger partial charge in [-0.05, 0) is 56.4 Å². The van der Waals surface area contributed by atoms with E-state index in [1.165, 1.54) is 38.5 Å². The van der Waals surface area contributed by atoms with Crippen molar-refractivity contribution < 1.29 is 14.3 Å². The van der Waals surface area contributed by atoms with Crippen molar-refractivity contribution in [3.63, 3.8) is 0 Å². The zero-order chi connectivity index (χ0) is 17.2. The quantitative estimate of drug-likeness (QED) is 0.373. The molecule has 0 spiro atoms. The number of hydrogen-bond acceptors (Lipinski definition) is 3. The fourth-order valence-corrected chi connectivity index (χ4v) is 3.30. The number of ether oxygens (including phenoxy) is 2. The maximum atomic E-state index is 11.2.